The van der Waals surface area contributed by atoms with Gasteiger partial charge in [-0.1, -0.05) is 102 Å². The summed E-state index contributed by atoms with van der Waals surface area (Å²) in [7, 11) is 0. The van der Waals surface area contributed by atoms with Crippen LogP contribution in [-0.4, -0.2) is 97.7 Å². The van der Waals surface area contributed by atoms with Gasteiger partial charge in [0, 0.05) is 65.6 Å². The molecule has 0 unspecified atom stereocenters. The summed E-state index contributed by atoms with van der Waals surface area (Å²) in [5.74, 6) is 2.07. The number of carbonyl (C=O) groups excluding carboxylic acids is 2. The molecule has 0 spiro atoms. The lowest BCUT2D eigenvalue weighted by molar-refractivity contribution is -0.121. The van der Waals surface area contributed by atoms with Crippen molar-refractivity contribution < 1.29 is 23.8 Å². The molecule has 4 aromatic rings. The number of unbranched alkanes of at least 4 members (excludes halogenated alkanes) is 1. The van der Waals surface area contributed by atoms with E-state index in [-0.39, 0.29) is 24.0 Å². The van der Waals surface area contributed by atoms with E-state index in [4.69, 9.17) is 29.7 Å². The van der Waals surface area contributed by atoms with Gasteiger partial charge in [-0.15, -0.1) is 0 Å². The summed E-state index contributed by atoms with van der Waals surface area (Å²) in [6.07, 6.45) is 4.76. The Morgan fingerprint density at radius 3 is 2.28 bits per heavy atom. The Kier molecular flexibility index (Phi) is 18.4. The Morgan fingerprint density at radius 1 is 0.869 bits per heavy atom. The fourth-order valence-electron chi connectivity index (χ4n) is 6.94. The topological polar surface area (TPSA) is 208 Å². The predicted octanol–water partition coefficient (Wildman–Crippen LogP) is 8.00. The Bertz CT molecular complexity index is 2100. The number of nitriles is 1. The maximum absolute atomic E-state index is 12.2. The van der Waals surface area contributed by atoms with E-state index in [0.717, 1.165) is 53.7 Å². The second kappa shape index (κ2) is 24.8. The third-order valence-electron chi connectivity index (χ3n) is 10.1. The van der Waals surface area contributed by atoms with E-state index >= 15 is 0 Å². The molecule has 61 heavy (non-hydrogen) atoms. The fraction of sp³-hybridized carbons (Fsp3) is 0.432. The number of rotatable bonds is 26. The number of fused-ring (bicyclic) bond motifs is 1. The molecule has 1 aromatic heterocycles. The van der Waals surface area contributed by atoms with Crippen molar-refractivity contribution >= 4 is 47.0 Å². The number of thioether (sulfide) groups is 2. The quantitative estimate of drug-likeness (QED) is 0.00904. The number of benzene rings is 3. The lowest BCUT2D eigenvalue weighted by atomic mass is 10.0. The van der Waals surface area contributed by atoms with Crippen molar-refractivity contribution in [1.82, 2.24) is 25.9 Å². The lowest BCUT2D eigenvalue weighted by Gasteiger charge is -2.16. The molecule has 0 radical (unpaired) electrons. The molecule has 3 heterocycles. The van der Waals surface area contributed by atoms with Crippen LogP contribution in [0.25, 0.3) is 32.8 Å². The SMILES string of the molecule is N#Cc1c(NCCCOCCOCCOCCCNC(=O)CCCC[C@@H]2SC[C@@H]3NC(=O)N[C@@H]32)nc(SCc2ccc(N=[N+]=[N-])cc2)nc1-c1ccc(-c2ccccc2)cc1. The van der Waals surface area contributed by atoms with E-state index in [9.17, 15) is 14.9 Å². The van der Waals surface area contributed by atoms with E-state index in [2.05, 4.69) is 49.5 Å². The maximum atomic E-state index is 12.2. The second-order valence-corrected chi connectivity index (χ2v) is 16.7. The first-order valence-corrected chi connectivity index (χ1v) is 22.7. The van der Waals surface area contributed by atoms with Crippen LogP contribution in [0.4, 0.5) is 16.3 Å². The first-order valence-electron chi connectivity index (χ1n) is 20.7. The molecular weight excluding hydrogens is 813 g/mol. The van der Waals surface area contributed by atoms with Crippen molar-refractivity contribution in [2.75, 3.05) is 63.8 Å². The van der Waals surface area contributed by atoms with Gasteiger partial charge in [0.15, 0.2) is 5.16 Å². The molecule has 2 aliphatic rings. The number of nitrogens with one attached hydrogen (secondary N) is 4. The summed E-state index contributed by atoms with van der Waals surface area (Å²) in [5.41, 5.74) is 14.2. The number of hydrogen-bond donors (Lipinski definition) is 4. The van der Waals surface area contributed by atoms with Crippen molar-refractivity contribution in [3.63, 3.8) is 0 Å². The van der Waals surface area contributed by atoms with Crippen molar-refractivity contribution in [3.05, 3.63) is 100 Å². The Morgan fingerprint density at radius 2 is 1.56 bits per heavy atom. The number of aromatic nitrogens is 2. The van der Waals surface area contributed by atoms with Gasteiger partial charge in [-0.05, 0) is 47.9 Å². The highest BCUT2D eigenvalue weighted by Crippen LogP contribution is 2.34. The molecule has 0 aliphatic carbocycles. The van der Waals surface area contributed by atoms with Crippen molar-refractivity contribution in [1.29, 1.82) is 5.26 Å². The van der Waals surface area contributed by atoms with Gasteiger partial charge >= 0.3 is 6.03 Å². The zero-order chi connectivity index (χ0) is 42.5. The minimum absolute atomic E-state index is 0.0641. The molecule has 4 N–H and O–H groups in total. The van der Waals surface area contributed by atoms with Crippen molar-refractivity contribution in [2.45, 2.75) is 66.8 Å². The average molecular weight is 865 g/mol. The van der Waals surface area contributed by atoms with E-state index in [0.29, 0.717) is 104 Å². The fourth-order valence-corrected chi connectivity index (χ4v) is 9.29. The molecule has 2 aliphatic heterocycles. The van der Waals surface area contributed by atoms with Crippen molar-refractivity contribution in [3.8, 4) is 28.5 Å². The van der Waals surface area contributed by atoms with Gasteiger partial charge in [0.1, 0.15) is 17.5 Å². The third-order valence-corrected chi connectivity index (χ3v) is 12.5. The summed E-state index contributed by atoms with van der Waals surface area (Å²) in [6.45, 7) is 4.00. The summed E-state index contributed by atoms with van der Waals surface area (Å²) in [6, 6.07) is 28.2. The zero-order valence-corrected chi connectivity index (χ0v) is 35.7. The predicted molar refractivity (Wildman–Crippen MR) is 240 cm³/mol. The monoisotopic (exact) mass is 864 g/mol. The van der Waals surface area contributed by atoms with E-state index in [1.54, 1.807) is 12.1 Å². The molecule has 0 bridgehead atoms. The normalized spacial score (nSPS) is 16.5. The summed E-state index contributed by atoms with van der Waals surface area (Å²) in [4.78, 5) is 36.2. The molecule has 6 rings (SSSR count). The first-order chi connectivity index (χ1) is 30.0. The van der Waals surface area contributed by atoms with Crippen LogP contribution in [0.1, 0.15) is 49.7 Å². The van der Waals surface area contributed by atoms with E-state index in [1.165, 1.54) is 11.8 Å². The summed E-state index contributed by atoms with van der Waals surface area (Å²) < 4.78 is 17.1. The van der Waals surface area contributed by atoms with Gasteiger partial charge in [0.05, 0.1) is 44.2 Å². The van der Waals surface area contributed by atoms with Crippen LogP contribution in [-0.2, 0) is 24.8 Å². The van der Waals surface area contributed by atoms with Crippen molar-refractivity contribution in [2.24, 2.45) is 5.11 Å². The Balaban J connectivity index is 0.845. The molecule has 3 amide bonds. The first kappa shape index (κ1) is 45.2. The van der Waals surface area contributed by atoms with E-state index in [1.807, 2.05) is 66.4 Å². The van der Waals surface area contributed by atoms with Crippen LogP contribution in [0.3, 0.4) is 0 Å². The van der Waals surface area contributed by atoms with Gasteiger partial charge in [0.25, 0.3) is 0 Å². The number of amides is 3. The van der Waals surface area contributed by atoms with Crippen LogP contribution >= 0.6 is 23.5 Å². The molecule has 15 nitrogen and oxygen atoms in total. The van der Waals surface area contributed by atoms with Crippen LogP contribution in [0.5, 0.6) is 0 Å². The largest absolute Gasteiger partial charge is 0.379 e. The number of urea groups is 1. The maximum Gasteiger partial charge on any atom is 0.315 e. The molecule has 2 saturated heterocycles. The zero-order valence-electron chi connectivity index (χ0n) is 34.1. The second-order valence-electron chi connectivity index (χ2n) is 14.5. The molecule has 3 atom stereocenters. The molecular formula is C44H52N10O5S2. The Hall–Kier alpha value is -5.34. The van der Waals surface area contributed by atoms with Gasteiger partial charge in [-0.2, -0.15) is 17.0 Å². The average Bonchev–Trinajstić information content (AvgIpc) is 3.85. The Labute approximate surface area is 365 Å². The number of carbonyl (C=O) groups is 2. The number of anilines is 1. The summed E-state index contributed by atoms with van der Waals surface area (Å²) in [5, 5.41) is 27.2. The van der Waals surface area contributed by atoms with Crippen LogP contribution < -0.4 is 21.3 Å². The van der Waals surface area contributed by atoms with Gasteiger partial charge in [-0.25, -0.2) is 14.8 Å². The molecule has 2 fully saturated rings. The highest BCUT2D eigenvalue weighted by molar-refractivity contribution is 8.00. The number of azide groups is 1. The molecule has 320 valence electrons. The smallest absolute Gasteiger partial charge is 0.315 e. The third kappa shape index (κ3) is 14.4. The van der Waals surface area contributed by atoms with Crippen LogP contribution in [0.2, 0.25) is 0 Å². The van der Waals surface area contributed by atoms with Gasteiger partial charge in [0.2, 0.25) is 5.91 Å². The lowest BCUT2D eigenvalue weighted by Crippen LogP contribution is -2.36. The summed E-state index contributed by atoms with van der Waals surface area (Å²) >= 11 is 3.36. The standard InChI is InChI=1S/C44H52N10O5S2/c45-28-36-40(34-16-14-33(15-17-34)32-8-2-1-3-9-32)51-44(61-29-31-12-18-35(19-13-31)53-54-46)52-42(36)48-21-7-23-58-25-27-59-26-24-57-22-6-20-47-39(55)11-5-4-10-38-41-37(30-60-38)49-43(56)50-41/h1-3,8-9,12-19,37-38,41H,4-7,10-11,20-27,29-30H2,(H,47,55)(H,48,51,52)(H2,49,50,56)/t37-,38-,41-/m0/s1. The highest BCUT2D eigenvalue weighted by atomic mass is 32.2. The van der Waals surface area contributed by atoms with E-state index < -0.39 is 0 Å². The van der Waals surface area contributed by atoms with Crippen LogP contribution in [0.15, 0.2) is 89.1 Å². The van der Waals surface area contributed by atoms with Gasteiger partial charge < -0.3 is 35.5 Å². The molecule has 0 saturated carbocycles. The van der Waals surface area contributed by atoms with Crippen LogP contribution in [0, 0.1) is 11.3 Å². The van der Waals surface area contributed by atoms with Gasteiger partial charge in [-0.3, -0.25) is 4.79 Å². The highest BCUT2D eigenvalue weighted by Gasteiger charge is 2.42. The molecule has 3 aromatic carbocycles. The number of hydrogen-bond acceptors (Lipinski definition) is 12. The minimum atomic E-state index is -0.0641. The minimum Gasteiger partial charge on any atom is -0.379 e. The number of nitrogens with zero attached hydrogens (tertiary/aromatic N) is 6. The number of ether oxygens (including phenoxy) is 3. The molecule has 17 heteroatoms.